The Morgan fingerprint density at radius 2 is 2.00 bits per heavy atom. The molecule has 2 N–H and O–H groups in total. The lowest BCUT2D eigenvalue weighted by atomic mass is 10.1. The van der Waals surface area contributed by atoms with Crippen LogP contribution in [-0.4, -0.2) is 42.2 Å². The smallest absolute Gasteiger partial charge is 0.356 e. The molecule has 0 saturated carbocycles. The summed E-state index contributed by atoms with van der Waals surface area (Å²) in [6.07, 6.45) is 0. The van der Waals surface area contributed by atoms with Crippen LogP contribution in [0.1, 0.15) is 10.5 Å². The number of rotatable bonds is 2. The zero-order valence-corrected chi connectivity index (χ0v) is 10.5. The highest BCUT2D eigenvalue weighted by molar-refractivity contribution is 5.97. The Bertz CT molecular complexity index is 621. The molecule has 2 heterocycles. The van der Waals surface area contributed by atoms with Crippen molar-refractivity contribution < 1.29 is 9.90 Å². The molecule has 2 aromatic rings. The van der Waals surface area contributed by atoms with Gasteiger partial charge in [-0.05, 0) is 12.1 Å². The molecule has 0 spiro atoms. The minimum Gasteiger partial charge on any atom is -0.476 e. The minimum absolute atomic E-state index is 0.139. The second-order valence-corrected chi connectivity index (χ2v) is 4.59. The van der Waals surface area contributed by atoms with Crippen LogP contribution in [0.3, 0.4) is 0 Å². The fourth-order valence-corrected chi connectivity index (χ4v) is 2.41. The zero-order chi connectivity index (χ0) is 13.2. The number of hydrogen-bond donors (Lipinski definition) is 2. The van der Waals surface area contributed by atoms with E-state index >= 15 is 0 Å². The molecule has 0 unspecified atom stereocenters. The van der Waals surface area contributed by atoms with Crippen LogP contribution in [0.5, 0.6) is 0 Å². The van der Waals surface area contributed by atoms with Crippen LogP contribution in [0.4, 0.5) is 5.69 Å². The second-order valence-electron chi connectivity index (χ2n) is 4.59. The molecule has 1 aliphatic heterocycles. The van der Waals surface area contributed by atoms with E-state index in [1.807, 2.05) is 30.3 Å². The van der Waals surface area contributed by atoms with Gasteiger partial charge in [-0.2, -0.15) is 0 Å². The van der Waals surface area contributed by atoms with E-state index in [0.717, 1.165) is 37.1 Å². The van der Waals surface area contributed by atoms with Crippen LogP contribution in [0.2, 0.25) is 0 Å². The average molecular weight is 257 g/mol. The fraction of sp³-hybridized carbons (Fsp3) is 0.286. The maximum atomic E-state index is 11.4. The van der Waals surface area contributed by atoms with Gasteiger partial charge in [0.1, 0.15) is 0 Å². The van der Waals surface area contributed by atoms with E-state index in [-0.39, 0.29) is 5.69 Å². The van der Waals surface area contributed by atoms with Gasteiger partial charge in [0.2, 0.25) is 0 Å². The van der Waals surface area contributed by atoms with E-state index < -0.39 is 5.97 Å². The monoisotopic (exact) mass is 257 g/mol. The van der Waals surface area contributed by atoms with Gasteiger partial charge in [0.15, 0.2) is 5.69 Å². The summed E-state index contributed by atoms with van der Waals surface area (Å²) in [5.74, 6) is -0.973. The first-order chi connectivity index (χ1) is 9.25. The Labute approximate surface area is 110 Å². The van der Waals surface area contributed by atoms with Crippen LogP contribution in [0.15, 0.2) is 30.3 Å². The van der Waals surface area contributed by atoms with Gasteiger partial charge in [-0.25, -0.2) is 9.78 Å². The summed E-state index contributed by atoms with van der Waals surface area (Å²) in [6.45, 7) is 3.35. The Morgan fingerprint density at radius 3 is 2.74 bits per heavy atom. The van der Waals surface area contributed by atoms with Crippen molar-refractivity contribution in [2.75, 3.05) is 31.1 Å². The number of aromatic nitrogens is 1. The maximum absolute atomic E-state index is 11.4. The van der Waals surface area contributed by atoms with E-state index in [2.05, 4.69) is 15.2 Å². The van der Waals surface area contributed by atoms with E-state index in [0.29, 0.717) is 5.69 Å². The molecule has 0 atom stereocenters. The Hall–Kier alpha value is -2.14. The van der Waals surface area contributed by atoms with Crippen LogP contribution in [-0.2, 0) is 0 Å². The third-order valence-corrected chi connectivity index (χ3v) is 3.36. The van der Waals surface area contributed by atoms with Gasteiger partial charge in [0.05, 0.1) is 11.2 Å². The molecule has 1 aliphatic rings. The van der Waals surface area contributed by atoms with Gasteiger partial charge < -0.3 is 15.3 Å². The van der Waals surface area contributed by atoms with E-state index in [4.69, 9.17) is 0 Å². The van der Waals surface area contributed by atoms with Gasteiger partial charge >= 0.3 is 5.97 Å². The molecule has 0 amide bonds. The van der Waals surface area contributed by atoms with E-state index in [1.165, 1.54) is 0 Å². The summed E-state index contributed by atoms with van der Waals surface area (Å²) in [7, 11) is 0. The molecule has 1 aromatic heterocycles. The number of anilines is 1. The molecule has 5 heteroatoms. The molecule has 19 heavy (non-hydrogen) atoms. The molecule has 1 saturated heterocycles. The first-order valence-corrected chi connectivity index (χ1v) is 6.34. The first kappa shape index (κ1) is 11.9. The predicted octanol–water partition coefficient (Wildman–Crippen LogP) is 1.34. The lowest BCUT2D eigenvalue weighted by molar-refractivity contribution is 0.0691. The van der Waals surface area contributed by atoms with Crippen molar-refractivity contribution in [1.82, 2.24) is 10.3 Å². The first-order valence-electron chi connectivity index (χ1n) is 6.34. The number of para-hydroxylation sites is 1. The molecule has 1 aromatic carbocycles. The topological polar surface area (TPSA) is 65.5 Å². The Morgan fingerprint density at radius 1 is 1.26 bits per heavy atom. The molecule has 98 valence electrons. The van der Waals surface area contributed by atoms with Crippen molar-refractivity contribution in [3.8, 4) is 0 Å². The number of piperazine rings is 1. The number of aromatic carboxylic acids is 1. The van der Waals surface area contributed by atoms with Crippen LogP contribution < -0.4 is 10.2 Å². The van der Waals surface area contributed by atoms with Gasteiger partial charge in [0, 0.05) is 31.6 Å². The van der Waals surface area contributed by atoms with Crippen molar-refractivity contribution in [2.24, 2.45) is 0 Å². The average Bonchev–Trinajstić information content (AvgIpc) is 2.46. The normalized spacial score (nSPS) is 15.7. The third kappa shape index (κ3) is 2.24. The second kappa shape index (κ2) is 4.85. The number of nitrogens with one attached hydrogen (secondary N) is 1. The Balaban J connectivity index is 2.14. The number of carboxylic acid groups (broad SMARTS) is 1. The summed E-state index contributed by atoms with van der Waals surface area (Å²) >= 11 is 0. The maximum Gasteiger partial charge on any atom is 0.356 e. The highest BCUT2D eigenvalue weighted by Gasteiger charge is 2.20. The number of nitrogens with zero attached hydrogens (tertiary/aromatic N) is 2. The molecule has 3 rings (SSSR count). The highest BCUT2D eigenvalue weighted by atomic mass is 16.4. The molecular formula is C14H15N3O2. The molecule has 1 fully saturated rings. The number of carboxylic acids is 1. The van der Waals surface area contributed by atoms with Gasteiger partial charge in [0.25, 0.3) is 0 Å². The minimum atomic E-state index is -0.973. The van der Waals surface area contributed by atoms with E-state index in [9.17, 15) is 9.90 Å². The van der Waals surface area contributed by atoms with Gasteiger partial charge in [-0.1, -0.05) is 18.2 Å². The summed E-state index contributed by atoms with van der Waals surface area (Å²) in [5.41, 5.74) is 1.58. The largest absolute Gasteiger partial charge is 0.476 e. The third-order valence-electron chi connectivity index (χ3n) is 3.36. The quantitative estimate of drug-likeness (QED) is 0.850. The number of carbonyl (C=O) groups is 1. The SMILES string of the molecule is O=C(O)c1nc2ccccc2cc1N1CCNCC1. The standard InChI is InChI=1S/C14H15N3O2/c18-14(19)13-12(17-7-5-15-6-8-17)9-10-3-1-2-4-11(10)16-13/h1-4,9,15H,5-8H2,(H,18,19). The van der Waals surface area contributed by atoms with Crippen LogP contribution >= 0.6 is 0 Å². The van der Waals surface area contributed by atoms with Gasteiger partial charge in [-0.3, -0.25) is 0 Å². The summed E-state index contributed by atoms with van der Waals surface area (Å²) < 4.78 is 0. The lowest BCUT2D eigenvalue weighted by Gasteiger charge is -2.30. The molecule has 0 radical (unpaired) electrons. The van der Waals surface area contributed by atoms with Crippen molar-refractivity contribution in [2.45, 2.75) is 0 Å². The summed E-state index contributed by atoms with van der Waals surface area (Å²) in [4.78, 5) is 17.8. The number of fused-ring (bicyclic) bond motifs is 1. The number of benzene rings is 1. The lowest BCUT2D eigenvalue weighted by Crippen LogP contribution is -2.44. The Kier molecular flexibility index (Phi) is 3.05. The van der Waals surface area contributed by atoms with Gasteiger partial charge in [-0.15, -0.1) is 0 Å². The zero-order valence-electron chi connectivity index (χ0n) is 10.5. The molecular weight excluding hydrogens is 242 g/mol. The number of pyridine rings is 1. The summed E-state index contributed by atoms with van der Waals surface area (Å²) in [6, 6.07) is 9.53. The molecule has 5 nitrogen and oxygen atoms in total. The number of hydrogen-bond acceptors (Lipinski definition) is 4. The van der Waals surface area contributed by atoms with Crippen molar-refractivity contribution in [3.63, 3.8) is 0 Å². The fourth-order valence-electron chi connectivity index (χ4n) is 2.41. The summed E-state index contributed by atoms with van der Waals surface area (Å²) in [5, 5.41) is 13.6. The van der Waals surface area contributed by atoms with Crippen molar-refractivity contribution in [3.05, 3.63) is 36.0 Å². The van der Waals surface area contributed by atoms with Crippen LogP contribution in [0, 0.1) is 0 Å². The van der Waals surface area contributed by atoms with E-state index in [1.54, 1.807) is 0 Å². The molecule has 0 bridgehead atoms. The van der Waals surface area contributed by atoms with Crippen LogP contribution in [0.25, 0.3) is 10.9 Å². The highest BCUT2D eigenvalue weighted by Crippen LogP contribution is 2.24. The molecule has 0 aliphatic carbocycles. The van der Waals surface area contributed by atoms with Crippen molar-refractivity contribution in [1.29, 1.82) is 0 Å². The van der Waals surface area contributed by atoms with Crippen molar-refractivity contribution >= 4 is 22.6 Å². The predicted molar refractivity (Wildman–Crippen MR) is 73.8 cm³/mol.